The molecule has 0 unspecified atom stereocenters. The molecular formula is C14H9BrN2O5. The SMILES string of the molecule is CC1=CC(=NOC(=O)c2cccc([N+](=O)[O-])c2Br)C=CC1=O. The number of allylic oxidation sites excluding steroid dienone is 4. The maximum atomic E-state index is 11.9. The lowest BCUT2D eigenvalue weighted by Crippen LogP contribution is -2.08. The van der Waals surface area contributed by atoms with Crippen LogP contribution in [0.15, 0.2) is 51.6 Å². The fourth-order valence-corrected chi connectivity index (χ4v) is 2.22. The van der Waals surface area contributed by atoms with Crippen molar-refractivity contribution in [2.75, 3.05) is 0 Å². The van der Waals surface area contributed by atoms with Gasteiger partial charge in [0.1, 0.15) is 10.2 Å². The highest BCUT2D eigenvalue weighted by Gasteiger charge is 2.21. The summed E-state index contributed by atoms with van der Waals surface area (Å²) in [6.45, 7) is 1.61. The van der Waals surface area contributed by atoms with Crippen LogP contribution in [0.3, 0.4) is 0 Å². The topological polar surface area (TPSA) is 98.9 Å². The van der Waals surface area contributed by atoms with Gasteiger partial charge in [-0.2, -0.15) is 0 Å². The van der Waals surface area contributed by atoms with Gasteiger partial charge in [0.25, 0.3) is 5.69 Å². The Bertz CT molecular complexity index is 764. The smallest absolute Gasteiger partial charge is 0.312 e. The molecule has 0 atom stereocenters. The van der Waals surface area contributed by atoms with Gasteiger partial charge in [0.2, 0.25) is 0 Å². The molecule has 2 rings (SSSR count). The van der Waals surface area contributed by atoms with E-state index < -0.39 is 10.9 Å². The zero-order valence-corrected chi connectivity index (χ0v) is 12.9. The fraction of sp³-hybridized carbons (Fsp3) is 0.0714. The fourth-order valence-electron chi connectivity index (χ4n) is 1.65. The van der Waals surface area contributed by atoms with E-state index in [-0.39, 0.29) is 21.5 Å². The predicted octanol–water partition coefficient (Wildman–Crippen LogP) is 2.96. The van der Waals surface area contributed by atoms with E-state index >= 15 is 0 Å². The number of oxime groups is 1. The number of hydrogen-bond donors (Lipinski definition) is 0. The minimum atomic E-state index is -0.848. The molecule has 1 aromatic rings. The molecule has 0 bridgehead atoms. The molecular weight excluding hydrogens is 356 g/mol. The number of carbonyl (C=O) groups is 2. The van der Waals surface area contributed by atoms with Crippen molar-refractivity contribution >= 4 is 39.1 Å². The third-order valence-electron chi connectivity index (χ3n) is 2.79. The molecule has 0 fully saturated rings. The van der Waals surface area contributed by atoms with E-state index in [1.54, 1.807) is 6.92 Å². The van der Waals surface area contributed by atoms with Gasteiger partial charge < -0.3 is 4.84 Å². The molecule has 112 valence electrons. The minimum Gasteiger partial charge on any atom is -0.312 e. The number of ketones is 1. The van der Waals surface area contributed by atoms with E-state index in [4.69, 9.17) is 4.84 Å². The summed E-state index contributed by atoms with van der Waals surface area (Å²) in [6, 6.07) is 4.01. The average Bonchev–Trinajstić information content (AvgIpc) is 2.48. The van der Waals surface area contributed by atoms with Gasteiger partial charge >= 0.3 is 5.97 Å². The molecule has 22 heavy (non-hydrogen) atoms. The first-order chi connectivity index (χ1) is 10.4. The van der Waals surface area contributed by atoms with Crippen LogP contribution in [0.2, 0.25) is 0 Å². The Labute approximate surface area is 133 Å². The lowest BCUT2D eigenvalue weighted by molar-refractivity contribution is -0.385. The van der Waals surface area contributed by atoms with Crippen LogP contribution >= 0.6 is 15.9 Å². The summed E-state index contributed by atoms with van der Waals surface area (Å²) in [5.74, 6) is -0.994. The molecule has 0 spiro atoms. The second-order valence-electron chi connectivity index (χ2n) is 4.32. The maximum Gasteiger partial charge on any atom is 0.367 e. The molecule has 0 saturated heterocycles. The van der Waals surface area contributed by atoms with Crippen LogP contribution in [0.25, 0.3) is 0 Å². The third-order valence-corrected chi connectivity index (χ3v) is 3.62. The van der Waals surface area contributed by atoms with Gasteiger partial charge in [-0.05, 0) is 52.7 Å². The number of nitro benzene ring substituents is 1. The maximum absolute atomic E-state index is 11.9. The van der Waals surface area contributed by atoms with E-state index in [9.17, 15) is 19.7 Å². The molecule has 8 heteroatoms. The van der Waals surface area contributed by atoms with Crippen molar-refractivity contribution in [1.29, 1.82) is 0 Å². The molecule has 0 aliphatic heterocycles. The van der Waals surface area contributed by atoms with Gasteiger partial charge in [-0.25, -0.2) is 4.79 Å². The molecule has 1 aromatic carbocycles. The zero-order valence-electron chi connectivity index (χ0n) is 11.3. The minimum absolute atomic E-state index is 0.0184. The second kappa shape index (κ2) is 6.44. The van der Waals surface area contributed by atoms with Crippen molar-refractivity contribution in [2.45, 2.75) is 6.92 Å². The highest BCUT2D eigenvalue weighted by atomic mass is 79.9. The molecule has 0 amide bonds. The molecule has 0 N–H and O–H groups in total. The van der Waals surface area contributed by atoms with E-state index in [1.807, 2.05) is 0 Å². The number of nitrogens with zero attached hydrogens (tertiary/aromatic N) is 2. The second-order valence-corrected chi connectivity index (χ2v) is 5.11. The third kappa shape index (κ3) is 3.34. The average molecular weight is 365 g/mol. The summed E-state index contributed by atoms with van der Waals surface area (Å²) < 4.78 is 0.0197. The molecule has 1 aliphatic carbocycles. The Morgan fingerprint density at radius 2 is 2.09 bits per heavy atom. The molecule has 0 aromatic heterocycles. The van der Waals surface area contributed by atoms with Gasteiger partial charge in [0, 0.05) is 6.07 Å². The summed E-state index contributed by atoms with van der Waals surface area (Å²) in [4.78, 5) is 38.1. The number of carbonyl (C=O) groups excluding carboxylic acids is 2. The molecule has 7 nitrogen and oxygen atoms in total. The summed E-state index contributed by atoms with van der Waals surface area (Å²) >= 11 is 3.00. The summed E-state index contributed by atoms with van der Waals surface area (Å²) in [7, 11) is 0. The van der Waals surface area contributed by atoms with Crippen LogP contribution in [-0.2, 0) is 9.63 Å². The zero-order chi connectivity index (χ0) is 16.3. The van der Waals surface area contributed by atoms with Crippen molar-refractivity contribution in [2.24, 2.45) is 5.16 Å². The van der Waals surface area contributed by atoms with Crippen molar-refractivity contribution in [1.82, 2.24) is 0 Å². The van der Waals surface area contributed by atoms with Gasteiger partial charge in [-0.1, -0.05) is 11.2 Å². The Kier molecular flexibility index (Phi) is 4.62. The van der Waals surface area contributed by atoms with Gasteiger partial charge in [0.15, 0.2) is 5.78 Å². The molecule has 0 radical (unpaired) electrons. The van der Waals surface area contributed by atoms with Gasteiger partial charge in [-0.15, -0.1) is 0 Å². The van der Waals surface area contributed by atoms with Crippen molar-refractivity contribution in [3.05, 3.63) is 62.2 Å². The van der Waals surface area contributed by atoms with E-state index in [1.165, 1.54) is 36.4 Å². The van der Waals surface area contributed by atoms with Gasteiger partial charge in [-0.3, -0.25) is 14.9 Å². The van der Waals surface area contributed by atoms with E-state index in [0.29, 0.717) is 11.3 Å². The van der Waals surface area contributed by atoms with Crippen molar-refractivity contribution in [3.8, 4) is 0 Å². The van der Waals surface area contributed by atoms with Crippen LogP contribution < -0.4 is 0 Å². The first-order valence-electron chi connectivity index (χ1n) is 6.03. The first-order valence-corrected chi connectivity index (χ1v) is 6.82. The molecule has 1 aliphatic rings. The monoisotopic (exact) mass is 364 g/mol. The van der Waals surface area contributed by atoms with Crippen molar-refractivity contribution < 1.29 is 19.3 Å². The van der Waals surface area contributed by atoms with Crippen molar-refractivity contribution in [3.63, 3.8) is 0 Å². The molecule has 0 heterocycles. The standard InChI is InChI=1S/C14H9BrN2O5/c1-8-7-9(5-6-12(8)18)16-22-14(19)10-3-2-4-11(13(10)15)17(20)21/h2-7H,1H3. The lowest BCUT2D eigenvalue weighted by atomic mass is 10.1. The quantitative estimate of drug-likeness (QED) is 0.355. The Morgan fingerprint density at radius 1 is 1.36 bits per heavy atom. The Hall–Kier alpha value is -2.61. The Balaban J connectivity index is 2.21. The van der Waals surface area contributed by atoms with Crippen LogP contribution in [0.5, 0.6) is 0 Å². The number of halogens is 1. The number of nitro groups is 1. The van der Waals surface area contributed by atoms with Crippen LogP contribution in [0.1, 0.15) is 17.3 Å². The first kappa shape index (κ1) is 15.8. The normalized spacial score (nSPS) is 15.6. The van der Waals surface area contributed by atoms with E-state index in [0.717, 1.165) is 0 Å². The molecule has 0 saturated carbocycles. The summed E-state index contributed by atoms with van der Waals surface area (Å²) in [6.07, 6.45) is 4.19. The number of hydrogen-bond acceptors (Lipinski definition) is 6. The summed E-state index contributed by atoms with van der Waals surface area (Å²) in [5, 5.41) is 14.4. The lowest BCUT2D eigenvalue weighted by Gasteiger charge is -2.04. The van der Waals surface area contributed by atoms with Crippen LogP contribution in [0.4, 0.5) is 5.69 Å². The number of rotatable bonds is 3. The van der Waals surface area contributed by atoms with E-state index in [2.05, 4.69) is 21.1 Å². The largest absolute Gasteiger partial charge is 0.367 e. The highest BCUT2D eigenvalue weighted by molar-refractivity contribution is 9.10. The summed E-state index contributed by atoms with van der Waals surface area (Å²) in [5.41, 5.74) is 0.497. The highest BCUT2D eigenvalue weighted by Crippen LogP contribution is 2.28. The van der Waals surface area contributed by atoms with Crippen LogP contribution in [-0.4, -0.2) is 22.4 Å². The predicted molar refractivity (Wildman–Crippen MR) is 81.6 cm³/mol. The van der Waals surface area contributed by atoms with Gasteiger partial charge in [0.05, 0.1) is 10.5 Å². The van der Waals surface area contributed by atoms with Crippen LogP contribution in [0, 0.1) is 10.1 Å². The number of benzene rings is 1. The Morgan fingerprint density at radius 3 is 2.73 bits per heavy atom.